The number of fused-ring (bicyclic) bond motifs is 1. The second-order valence-electron chi connectivity index (χ2n) is 7.43. The van der Waals surface area contributed by atoms with Crippen LogP contribution in [0.3, 0.4) is 0 Å². The second-order valence-corrected chi connectivity index (χ2v) is 7.43. The van der Waals surface area contributed by atoms with Gasteiger partial charge in [-0.1, -0.05) is 42.5 Å². The Balaban J connectivity index is 1.37. The lowest BCUT2D eigenvalue weighted by Crippen LogP contribution is -2.48. The van der Waals surface area contributed by atoms with Gasteiger partial charge >= 0.3 is 0 Å². The van der Waals surface area contributed by atoms with Gasteiger partial charge in [-0.3, -0.25) is 4.79 Å². The highest BCUT2D eigenvalue weighted by Crippen LogP contribution is 2.31. The van der Waals surface area contributed by atoms with Gasteiger partial charge in [0, 0.05) is 19.0 Å². The van der Waals surface area contributed by atoms with Gasteiger partial charge in [0.05, 0.1) is 23.5 Å². The van der Waals surface area contributed by atoms with E-state index in [4.69, 9.17) is 0 Å². The maximum Gasteiger partial charge on any atom is 0.222 e. The molecule has 3 aromatic rings. The van der Waals surface area contributed by atoms with E-state index in [9.17, 15) is 9.90 Å². The van der Waals surface area contributed by atoms with Gasteiger partial charge in [0.2, 0.25) is 5.91 Å². The van der Waals surface area contributed by atoms with Crippen molar-refractivity contribution in [2.24, 2.45) is 5.92 Å². The first-order chi connectivity index (χ1) is 13.2. The Morgan fingerprint density at radius 1 is 1.15 bits per heavy atom. The molecule has 0 unspecified atom stereocenters. The smallest absolute Gasteiger partial charge is 0.222 e. The lowest BCUT2D eigenvalue weighted by atomic mass is 9.75. The first kappa shape index (κ1) is 17.7. The van der Waals surface area contributed by atoms with Gasteiger partial charge in [-0.05, 0) is 42.9 Å². The number of hydrogen-bond donors (Lipinski definition) is 2. The van der Waals surface area contributed by atoms with Crippen LogP contribution in [-0.2, 0) is 17.8 Å². The lowest BCUT2D eigenvalue weighted by Gasteiger charge is -2.38. The predicted molar refractivity (Wildman–Crippen MR) is 105 cm³/mol. The number of nitrogens with zero attached hydrogens (tertiary/aromatic N) is 2. The minimum atomic E-state index is -0.220. The normalized spacial score (nSPS) is 20.2. The number of carbonyl (C=O) groups excluding carboxylic acids is 1. The largest absolute Gasteiger partial charge is 0.393 e. The Labute approximate surface area is 159 Å². The molecule has 1 fully saturated rings. The van der Waals surface area contributed by atoms with Crippen LogP contribution in [0, 0.1) is 5.92 Å². The predicted octanol–water partition coefficient (Wildman–Crippen LogP) is 2.92. The third-order valence-electron chi connectivity index (χ3n) is 5.47. The number of imidazole rings is 1. The Morgan fingerprint density at radius 2 is 1.89 bits per heavy atom. The number of carbonyl (C=O) groups is 1. The van der Waals surface area contributed by atoms with E-state index in [1.165, 1.54) is 5.56 Å². The van der Waals surface area contributed by atoms with Crippen LogP contribution in [-0.4, -0.2) is 32.7 Å². The van der Waals surface area contributed by atoms with Crippen molar-refractivity contribution in [1.82, 2.24) is 14.9 Å². The van der Waals surface area contributed by atoms with Crippen molar-refractivity contribution < 1.29 is 9.90 Å². The number of aryl methyl sites for hydroxylation is 1. The highest BCUT2D eigenvalue weighted by Gasteiger charge is 2.34. The van der Waals surface area contributed by atoms with E-state index < -0.39 is 0 Å². The summed E-state index contributed by atoms with van der Waals surface area (Å²) < 4.78 is 2.02. The molecule has 1 aliphatic carbocycles. The molecular weight excluding hydrogens is 338 g/mol. The number of aliphatic hydroxyl groups is 1. The molecule has 0 aliphatic heterocycles. The molecule has 2 N–H and O–H groups in total. The molecule has 0 bridgehead atoms. The second kappa shape index (κ2) is 7.92. The van der Waals surface area contributed by atoms with Crippen molar-refractivity contribution in [2.45, 2.75) is 44.4 Å². The van der Waals surface area contributed by atoms with Gasteiger partial charge in [-0.2, -0.15) is 0 Å². The van der Waals surface area contributed by atoms with E-state index in [1.807, 2.05) is 47.0 Å². The molecule has 5 nitrogen and oxygen atoms in total. The summed E-state index contributed by atoms with van der Waals surface area (Å²) in [5.41, 5.74) is 3.21. The number of para-hydroxylation sites is 2. The molecule has 1 saturated carbocycles. The molecule has 1 amide bonds. The first-order valence-electron chi connectivity index (χ1n) is 9.60. The number of aliphatic hydroxyl groups excluding tert-OH is 1. The minimum absolute atomic E-state index is 0.0510. The number of hydrogen-bond acceptors (Lipinski definition) is 3. The zero-order valence-electron chi connectivity index (χ0n) is 15.3. The Morgan fingerprint density at radius 3 is 2.67 bits per heavy atom. The number of benzene rings is 2. The molecule has 27 heavy (non-hydrogen) atoms. The average Bonchev–Trinajstić information content (AvgIpc) is 3.07. The van der Waals surface area contributed by atoms with E-state index >= 15 is 0 Å². The molecule has 140 valence electrons. The van der Waals surface area contributed by atoms with Gasteiger partial charge in [-0.25, -0.2) is 4.98 Å². The van der Waals surface area contributed by atoms with Crippen LogP contribution in [0.15, 0.2) is 60.9 Å². The maximum absolute atomic E-state index is 12.6. The molecule has 1 aliphatic rings. The monoisotopic (exact) mass is 363 g/mol. The van der Waals surface area contributed by atoms with Crippen molar-refractivity contribution in [1.29, 1.82) is 0 Å². The number of amides is 1. The summed E-state index contributed by atoms with van der Waals surface area (Å²) in [4.78, 5) is 17.0. The van der Waals surface area contributed by atoms with Gasteiger partial charge < -0.3 is 15.0 Å². The fourth-order valence-electron chi connectivity index (χ4n) is 3.85. The summed E-state index contributed by atoms with van der Waals surface area (Å²) in [6.45, 7) is 0.609. The molecular formula is C22H25N3O2. The van der Waals surface area contributed by atoms with Gasteiger partial charge in [0.15, 0.2) is 0 Å². The van der Waals surface area contributed by atoms with Crippen LogP contribution in [0.2, 0.25) is 0 Å². The summed E-state index contributed by atoms with van der Waals surface area (Å²) in [5, 5.41) is 12.9. The lowest BCUT2D eigenvalue weighted by molar-refractivity contribution is -0.123. The Kier molecular flexibility index (Phi) is 5.21. The third kappa shape index (κ3) is 4.19. The van der Waals surface area contributed by atoms with E-state index in [1.54, 1.807) is 6.33 Å². The zero-order chi connectivity index (χ0) is 18.6. The summed E-state index contributed by atoms with van der Waals surface area (Å²) in [6, 6.07) is 18.2. The summed E-state index contributed by atoms with van der Waals surface area (Å²) in [7, 11) is 0. The van der Waals surface area contributed by atoms with Crippen LogP contribution in [0.25, 0.3) is 11.0 Å². The van der Waals surface area contributed by atoms with Crippen LogP contribution < -0.4 is 5.32 Å². The highest BCUT2D eigenvalue weighted by atomic mass is 16.3. The van der Waals surface area contributed by atoms with Crippen LogP contribution in [0.5, 0.6) is 0 Å². The molecule has 2 aromatic carbocycles. The van der Waals surface area contributed by atoms with Crippen LogP contribution in [0.1, 0.15) is 24.8 Å². The van der Waals surface area contributed by atoms with Gasteiger partial charge in [0.25, 0.3) is 0 Å². The number of rotatable bonds is 7. The minimum Gasteiger partial charge on any atom is -0.393 e. The van der Waals surface area contributed by atoms with Gasteiger partial charge in [-0.15, -0.1) is 0 Å². The van der Waals surface area contributed by atoms with Crippen LogP contribution >= 0.6 is 0 Å². The molecule has 0 saturated heterocycles. The van der Waals surface area contributed by atoms with E-state index in [-0.39, 0.29) is 18.1 Å². The molecule has 5 heteroatoms. The standard InChI is InChI=1S/C22H25N3O2/c26-18-13-17(14-18)20(12-16-6-2-1-3-7-16)24-22(27)10-11-25-15-23-19-8-4-5-9-21(19)25/h1-9,15,17-18,20,26H,10-14H2,(H,24,27)/t17?,18?,20-/m1/s1. The summed E-state index contributed by atoms with van der Waals surface area (Å²) in [6.07, 6.45) is 4.33. The van der Waals surface area contributed by atoms with Crippen molar-refractivity contribution >= 4 is 16.9 Å². The molecule has 1 atom stereocenters. The zero-order valence-corrected chi connectivity index (χ0v) is 15.3. The quantitative estimate of drug-likeness (QED) is 0.678. The van der Waals surface area contributed by atoms with Crippen LogP contribution in [0.4, 0.5) is 0 Å². The average molecular weight is 363 g/mol. The fraction of sp³-hybridized carbons (Fsp3) is 0.364. The number of aromatic nitrogens is 2. The fourth-order valence-corrected chi connectivity index (χ4v) is 3.85. The molecule has 1 aromatic heterocycles. The number of nitrogens with one attached hydrogen (secondary N) is 1. The molecule has 1 heterocycles. The Bertz CT molecular complexity index is 900. The van der Waals surface area contributed by atoms with Crippen molar-refractivity contribution in [3.63, 3.8) is 0 Å². The molecule has 0 radical (unpaired) electrons. The van der Waals surface area contributed by atoms with Gasteiger partial charge in [0.1, 0.15) is 0 Å². The Hall–Kier alpha value is -2.66. The summed E-state index contributed by atoms with van der Waals surface area (Å²) in [5.74, 6) is 0.397. The van der Waals surface area contributed by atoms with Crippen molar-refractivity contribution in [3.8, 4) is 0 Å². The topological polar surface area (TPSA) is 67.2 Å². The first-order valence-corrected chi connectivity index (χ1v) is 9.60. The van der Waals surface area contributed by atoms with E-state index in [2.05, 4.69) is 22.4 Å². The maximum atomic E-state index is 12.6. The molecule has 0 spiro atoms. The third-order valence-corrected chi connectivity index (χ3v) is 5.47. The van der Waals surface area contributed by atoms with Crippen molar-refractivity contribution in [3.05, 3.63) is 66.5 Å². The SMILES string of the molecule is O=C(CCn1cnc2ccccc21)N[C@H](Cc1ccccc1)C1CC(O)C1. The van der Waals surface area contributed by atoms with Crippen molar-refractivity contribution in [2.75, 3.05) is 0 Å². The molecule has 4 rings (SSSR count). The summed E-state index contributed by atoms with van der Waals surface area (Å²) >= 11 is 0. The van der Waals surface area contributed by atoms with E-state index in [0.29, 0.717) is 18.9 Å². The highest BCUT2D eigenvalue weighted by molar-refractivity contribution is 5.77. The van der Waals surface area contributed by atoms with E-state index in [0.717, 1.165) is 30.3 Å².